The van der Waals surface area contributed by atoms with Crippen molar-refractivity contribution in [2.45, 2.75) is 13.0 Å². The van der Waals surface area contributed by atoms with Gasteiger partial charge in [0.1, 0.15) is 0 Å². The fourth-order valence-electron chi connectivity index (χ4n) is 3.44. The maximum atomic E-state index is 7.07. The summed E-state index contributed by atoms with van der Waals surface area (Å²) in [6.07, 6.45) is 2.42. The smallest absolute Gasteiger partial charge is 0.239 e. The second-order valence-corrected chi connectivity index (χ2v) is 6.83. The number of rotatable bonds is 4. The minimum atomic E-state index is 0.366. The maximum Gasteiger partial charge on any atom is 0.239 e. The van der Waals surface area contributed by atoms with E-state index in [1.165, 1.54) is 0 Å². The predicted octanol–water partition coefficient (Wildman–Crippen LogP) is 4.35. The van der Waals surface area contributed by atoms with Gasteiger partial charge in [0, 0.05) is 29.1 Å². The molecule has 2 aromatic carbocycles. The van der Waals surface area contributed by atoms with Crippen molar-refractivity contribution in [3.63, 3.8) is 0 Å². The van der Waals surface area contributed by atoms with Crippen molar-refractivity contribution >= 4 is 16.6 Å². The minimum Gasteiger partial charge on any atom is -0.312 e. The van der Waals surface area contributed by atoms with E-state index in [1.807, 2.05) is 48.5 Å². The Bertz CT molecular complexity index is 1380. The van der Waals surface area contributed by atoms with Gasteiger partial charge in [-0.15, -0.1) is 10.2 Å². The van der Waals surface area contributed by atoms with E-state index in [4.69, 9.17) is 11.7 Å². The topological polar surface area (TPSA) is 60.3 Å². The monoisotopic (exact) mass is 376 g/mol. The molecule has 0 atom stereocenters. The van der Waals surface area contributed by atoms with Crippen LogP contribution in [-0.2, 0) is 13.0 Å². The molecule has 3 aromatic heterocycles. The number of hydrogen-bond acceptors (Lipinski definition) is 4. The number of aromatic nitrogens is 5. The second-order valence-electron chi connectivity index (χ2n) is 6.83. The van der Waals surface area contributed by atoms with Crippen LogP contribution in [0.15, 0.2) is 72.9 Å². The zero-order valence-corrected chi connectivity index (χ0v) is 15.5. The van der Waals surface area contributed by atoms with Crippen molar-refractivity contribution in [1.29, 1.82) is 0 Å². The number of benzene rings is 2. The Morgan fingerprint density at radius 3 is 2.79 bits per heavy atom. The van der Waals surface area contributed by atoms with Gasteiger partial charge in [-0.3, -0.25) is 4.98 Å². The van der Waals surface area contributed by atoms with E-state index in [2.05, 4.69) is 38.2 Å². The molecule has 0 radical (unpaired) electrons. The molecule has 0 bridgehead atoms. The molecule has 0 aliphatic rings. The first-order chi connectivity index (χ1) is 14.3. The van der Waals surface area contributed by atoms with E-state index in [-0.39, 0.29) is 0 Å². The predicted molar refractivity (Wildman–Crippen MR) is 111 cm³/mol. The van der Waals surface area contributed by atoms with Crippen molar-refractivity contribution in [3.05, 3.63) is 101 Å². The standard InChI is InChI=1S/C23H16N6/c1-24-15-17-4-2-5-19(13-17)21-9-10-22-26-27-23(29(22)28-21)14-16-7-8-20-18(12-16)6-3-11-25-20/h2-13H,14-15H2. The summed E-state index contributed by atoms with van der Waals surface area (Å²) >= 11 is 0. The van der Waals surface area contributed by atoms with Gasteiger partial charge < -0.3 is 4.85 Å². The lowest BCUT2D eigenvalue weighted by Gasteiger charge is -2.05. The van der Waals surface area contributed by atoms with Crippen molar-refractivity contribution < 1.29 is 0 Å². The molecule has 0 saturated carbocycles. The van der Waals surface area contributed by atoms with Gasteiger partial charge in [-0.1, -0.05) is 30.3 Å². The van der Waals surface area contributed by atoms with Crippen LogP contribution in [0.2, 0.25) is 0 Å². The first-order valence-corrected chi connectivity index (χ1v) is 9.28. The average molecular weight is 376 g/mol. The van der Waals surface area contributed by atoms with Gasteiger partial charge in [0.15, 0.2) is 11.5 Å². The molecule has 6 heteroatoms. The van der Waals surface area contributed by atoms with Gasteiger partial charge in [-0.05, 0) is 42.0 Å². The molecule has 0 fully saturated rings. The average Bonchev–Trinajstić information content (AvgIpc) is 3.16. The number of nitrogens with zero attached hydrogens (tertiary/aromatic N) is 6. The molecule has 29 heavy (non-hydrogen) atoms. The van der Waals surface area contributed by atoms with E-state index < -0.39 is 0 Å². The third kappa shape index (κ3) is 3.30. The molecule has 0 amide bonds. The molecule has 5 aromatic rings. The zero-order chi connectivity index (χ0) is 19.6. The first-order valence-electron chi connectivity index (χ1n) is 9.28. The summed E-state index contributed by atoms with van der Waals surface area (Å²) in [4.78, 5) is 7.84. The van der Waals surface area contributed by atoms with Gasteiger partial charge in [0.25, 0.3) is 0 Å². The van der Waals surface area contributed by atoms with Crippen LogP contribution in [0, 0.1) is 6.57 Å². The van der Waals surface area contributed by atoms with Crippen LogP contribution in [0.1, 0.15) is 17.0 Å². The van der Waals surface area contributed by atoms with Crippen LogP contribution < -0.4 is 0 Å². The molecule has 6 nitrogen and oxygen atoms in total. The van der Waals surface area contributed by atoms with E-state index in [9.17, 15) is 0 Å². The highest BCUT2D eigenvalue weighted by molar-refractivity contribution is 5.79. The van der Waals surface area contributed by atoms with Crippen LogP contribution in [-0.4, -0.2) is 24.8 Å². The third-order valence-corrected chi connectivity index (χ3v) is 4.84. The van der Waals surface area contributed by atoms with Crippen molar-refractivity contribution in [2.75, 3.05) is 0 Å². The Balaban J connectivity index is 1.52. The van der Waals surface area contributed by atoms with Gasteiger partial charge in [0.2, 0.25) is 6.54 Å². The summed E-state index contributed by atoms with van der Waals surface area (Å²) in [7, 11) is 0. The lowest BCUT2D eigenvalue weighted by molar-refractivity contribution is 0.842. The molecular weight excluding hydrogens is 360 g/mol. The second kappa shape index (κ2) is 7.13. The normalized spacial score (nSPS) is 11.0. The fraction of sp³-hybridized carbons (Fsp3) is 0.0870. The lowest BCUT2D eigenvalue weighted by Crippen LogP contribution is -2.01. The summed E-state index contributed by atoms with van der Waals surface area (Å²) in [5.74, 6) is 0.780. The summed E-state index contributed by atoms with van der Waals surface area (Å²) in [5.41, 5.74) is 5.60. The zero-order valence-electron chi connectivity index (χ0n) is 15.5. The quantitative estimate of drug-likeness (QED) is 0.438. The minimum absolute atomic E-state index is 0.366. The third-order valence-electron chi connectivity index (χ3n) is 4.84. The molecule has 3 heterocycles. The van der Waals surface area contributed by atoms with E-state index >= 15 is 0 Å². The first kappa shape index (κ1) is 17.0. The van der Waals surface area contributed by atoms with Crippen molar-refractivity contribution in [2.24, 2.45) is 0 Å². The summed E-state index contributed by atoms with van der Waals surface area (Å²) in [6.45, 7) is 7.44. The Hall–Kier alpha value is -4.11. The Morgan fingerprint density at radius 2 is 1.86 bits per heavy atom. The molecule has 0 aliphatic heterocycles. The van der Waals surface area contributed by atoms with Crippen LogP contribution in [0.4, 0.5) is 0 Å². The molecule has 0 unspecified atom stereocenters. The fourth-order valence-corrected chi connectivity index (χ4v) is 3.44. The van der Waals surface area contributed by atoms with Crippen LogP contribution in [0.3, 0.4) is 0 Å². The van der Waals surface area contributed by atoms with Crippen molar-refractivity contribution in [3.8, 4) is 11.3 Å². The number of pyridine rings is 1. The highest BCUT2D eigenvalue weighted by Crippen LogP contribution is 2.21. The molecule has 0 spiro atoms. The lowest BCUT2D eigenvalue weighted by atomic mass is 10.1. The Labute approximate surface area is 167 Å². The summed E-state index contributed by atoms with van der Waals surface area (Å²) in [6, 6.07) is 22.0. The highest BCUT2D eigenvalue weighted by atomic mass is 15.4. The van der Waals surface area contributed by atoms with E-state index in [0.717, 1.165) is 39.1 Å². The Kier molecular flexibility index (Phi) is 4.19. The Morgan fingerprint density at radius 1 is 0.897 bits per heavy atom. The molecular formula is C23H16N6. The van der Waals surface area contributed by atoms with Gasteiger partial charge in [-0.25, -0.2) is 6.57 Å². The SMILES string of the molecule is [C-]#[N+]Cc1cccc(-c2ccc3nnc(Cc4ccc5ncccc5c4)n3n2)c1. The van der Waals surface area contributed by atoms with Gasteiger partial charge in [0.05, 0.1) is 11.2 Å². The van der Waals surface area contributed by atoms with Gasteiger partial charge >= 0.3 is 0 Å². The van der Waals surface area contributed by atoms with Crippen molar-refractivity contribution in [1.82, 2.24) is 24.8 Å². The van der Waals surface area contributed by atoms with Crippen LogP contribution in [0.5, 0.6) is 0 Å². The molecule has 0 saturated heterocycles. The summed E-state index contributed by atoms with van der Waals surface area (Å²) in [5, 5.41) is 14.5. The molecule has 0 N–H and O–H groups in total. The summed E-state index contributed by atoms with van der Waals surface area (Å²) < 4.78 is 1.80. The molecule has 138 valence electrons. The van der Waals surface area contributed by atoms with E-state index in [0.29, 0.717) is 18.6 Å². The van der Waals surface area contributed by atoms with Crippen LogP contribution >= 0.6 is 0 Å². The van der Waals surface area contributed by atoms with Gasteiger partial charge in [-0.2, -0.15) is 9.61 Å². The number of fused-ring (bicyclic) bond motifs is 2. The largest absolute Gasteiger partial charge is 0.312 e. The maximum absolute atomic E-state index is 7.07. The van der Waals surface area contributed by atoms with E-state index in [1.54, 1.807) is 10.7 Å². The molecule has 0 aliphatic carbocycles. The van der Waals surface area contributed by atoms with Crippen LogP contribution in [0.25, 0.3) is 32.7 Å². The molecule has 5 rings (SSSR count). The number of hydrogen-bond donors (Lipinski definition) is 0. The highest BCUT2D eigenvalue weighted by Gasteiger charge is 2.11.